The van der Waals surface area contributed by atoms with E-state index in [0.29, 0.717) is 0 Å². The number of nitrogens with one attached hydrogen (secondary N) is 2. The number of nitrogen functional groups attached to an aromatic ring is 1. The standard InChI is InChI=1S/C16H13F4N5/c1-8-2-4-9(5-3-8)13-11(16(18,19)20)6-10(7-12(13)17)22-15-23-14(21)24-25-15/h2-7H,1H3,(H4,21,22,23,24,25). The van der Waals surface area contributed by atoms with E-state index in [2.05, 4.69) is 20.5 Å². The maximum absolute atomic E-state index is 14.5. The molecule has 0 aliphatic heterocycles. The molecule has 3 aromatic rings. The maximum atomic E-state index is 14.5. The van der Waals surface area contributed by atoms with Gasteiger partial charge in [0.2, 0.25) is 11.9 Å². The molecular weight excluding hydrogens is 338 g/mol. The van der Waals surface area contributed by atoms with Crippen LogP contribution in [0.3, 0.4) is 0 Å². The summed E-state index contributed by atoms with van der Waals surface area (Å²) in [5.74, 6) is -1.09. The number of aromatic amines is 1. The van der Waals surface area contributed by atoms with Crippen LogP contribution < -0.4 is 11.1 Å². The maximum Gasteiger partial charge on any atom is 0.417 e. The monoisotopic (exact) mass is 351 g/mol. The average molecular weight is 351 g/mol. The second-order valence-corrected chi connectivity index (χ2v) is 5.41. The summed E-state index contributed by atoms with van der Waals surface area (Å²) in [7, 11) is 0. The number of rotatable bonds is 3. The first-order valence-corrected chi connectivity index (χ1v) is 7.17. The molecule has 0 amide bonds. The van der Waals surface area contributed by atoms with Crippen LogP contribution in [-0.2, 0) is 6.18 Å². The molecule has 9 heteroatoms. The number of benzene rings is 2. The fourth-order valence-corrected chi connectivity index (χ4v) is 2.38. The molecule has 1 heterocycles. The minimum Gasteiger partial charge on any atom is -0.368 e. The third-order valence-electron chi connectivity index (χ3n) is 3.49. The number of nitrogens with zero attached hydrogens (tertiary/aromatic N) is 2. The van der Waals surface area contributed by atoms with Crippen LogP contribution in [-0.4, -0.2) is 15.2 Å². The van der Waals surface area contributed by atoms with Crippen LogP contribution in [0.2, 0.25) is 0 Å². The molecule has 0 atom stereocenters. The molecule has 0 saturated heterocycles. The van der Waals surface area contributed by atoms with Gasteiger partial charge >= 0.3 is 6.18 Å². The largest absolute Gasteiger partial charge is 0.417 e. The molecule has 0 fully saturated rings. The van der Waals surface area contributed by atoms with E-state index < -0.39 is 23.1 Å². The van der Waals surface area contributed by atoms with E-state index in [4.69, 9.17) is 5.73 Å². The van der Waals surface area contributed by atoms with Crippen molar-refractivity contribution < 1.29 is 17.6 Å². The molecule has 0 spiro atoms. The SMILES string of the molecule is Cc1ccc(-c2c(F)cc(Nc3n[nH]c(N)n3)cc2C(F)(F)F)cc1. The van der Waals surface area contributed by atoms with Gasteiger partial charge in [0.05, 0.1) is 5.56 Å². The fraction of sp³-hybridized carbons (Fsp3) is 0.125. The molecule has 5 nitrogen and oxygen atoms in total. The zero-order valence-corrected chi connectivity index (χ0v) is 12.9. The van der Waals surface area contributed by atoms with Gasteiger partial charge in [-0.15, -0.1) is 5.10 Å². The van der Waals surface area contributed by atoms with Crippen LogP contribution in [0, 0.1) is 12.7 Å². The predicted octanol–water partition coefficient (Wildman–Crippen LogP) is 4.26. The molecule has 0 unspecified atom stereocenters. The van der Waals surface area contributed by atoms with Gasteiger partial charge in [0.25, 0.3) is 0 Å². The van der Waals surface area contributed by atoms with Gasteiger partial charge in [0.1, 0.15) is 5.82 Å². The summed E-state index contributed by atoms with van der Waals surface area (Å²) in [5, 5.41) is 8.47. The quantitative estimate of drug-likeness (QED) is 0.616. The van der Waals surface area contributed by atoms with Crippen LogP contribution in [0.5, 0.6) is 0 Å². The van der Waals surface area contributed by atoms with Crippen molar-refractivity contribution in [2.45, 2.75) is 13.1 Å². The van der Waals surface area contributed by atoms with Crippen molar-refractivity contribution in [3.63, 3.8) is 0 Å². The van der Waals surface area contributed by atoms with Crippen molar-refractivity contribution in [2.24, 2.45) is 0 Å². The number of aryl methyl sites for hydroxylation is 1. The summed E-state index contributed by atoms with van der Waals surface area (Å²) in [5.41, 5.74) is 4.61. The highest BCUT2D eigenvalue weighted by Gasteiger charge is 2.35. The normalized spacial score (nSPS) is 11.6. The van der Waals surface area contributed by atoms with Crippen molar-refractivity contribution in [1.29, 1.82) is 0 Å². The minimum absolute atomic E-state index is 0.0182. The Bertz CT molecular complexity index is 900. The van der Waals surface area contributed by atoms with E-state index >= 15 is 0 Å². The fourth-order valence-electron chi connectivity index (χ4n) is 2.38. The van der Waals surface area contributed by atoms with Gasteiger partial charge in [-0.3, -0.25) is 0 Å². The van der Waals surface area contributed by atoms with E-state index in [1.165, 1.54) is 12.1 Å². The first kappa shape index (κ1) is 16.7. The third kappa shape index (κ3) is 3.54. The van der Waals surface area contributed by atoms with Gasteiger partial charge in [-0.2, -0.15) is 18.2 Å². The Morgan fingerprint density at radius 2 is 1.80 bits per heavy atom. The molecule has 130 valence electrons. The number of anilines is 3. The summed E-state index contributed by atoms with van der Waals surface area (Å²) < 4.78 is 54.9. The Morgan fingerprint density at radius 1 is 1.12 bits per heavy atom. The molecule has 0 radical (unpaired) electrons. The lowest BCUT2D eigenvalue weighted by Gasteiger charge is -2.16. The van der Waals surface area contributed by atoms with E-state index in [-0.39, 0.29) is 23.1 Å². The second-order valence-electron chi connectivity index (χ2n) is 5.41. The topological polar surface area (TPSA) is 79.6 Å². The Labute approximate surface area is 139 Å². The predicted molar refractivity (Wildman–Crippen MR) is 85.7 cm³/mol. The summed E-state index contributed by atoms with van der Waals surface area (Å²) in [6.45, 7) is 1.79. The van der Waals surface area contributed by atoms with E-state index in [1.807, 2.05) is 0 Å². The molecule has 0 bridgehead atoms. The van der Waals surface area contributed by atoms with Gasteiger partial charge < -0.3 is 11.1 Å². The van der Waals surface area contributed by atoms with Crippen molar-refractivity contribution in [3.8, 4) is 11.1 Å². The average Bonchev–Trinajstić information content (AvgIpc) is 2.92. The van der Waals surface area contributed by atoms with E-state index in [1.54, 1.807) is 19.1 Å². The summed E-state index contributed by atoms with van der Waals surface area (Å²) in [6, 6.07) is 7.91. The molecule has 0 saturated carbocycles. The van der Waals surface area contributed by atoms with Gasteiger partial charge in [0, 0.05) is 11.3 Å². The molecular formula is C16H13F4N5. The van der Waals surface area contributed by atoms with Crippen LogP contribution in [0.25, 0.3) is 11.1 Å². The highest BCUT2D eigenvalue weighted by atomic mass is 19.4. The molecule has 2 aromatic carbocycles. The summed E-state index contributed by atoms with van der Waals surface area (Å²) >= 11 is 0. The highest BCUT2D eigenvalue weighted by molar-refractivity contribution is 5.73. The molecule has 0 aliphatic rings. The van der Waals surface area contributed by atoms with E-state index in [9.17, 15) is 17.6 Å². The first-order valence-electron chi connectivity index (χ1n) is 7.17. The van der Waals surface area contributed by atoms with Crippen molar-refractivity contribution >= 4 is 17.6 Å². The lowest BCUT2D eigenvalue weighted by Crippen LogP contribution is -2.10. The Morgan fingerprint density at radius 3 is 2.36 bits per heavy atom. The number of halogens is 4. The molecule has 1 aromatic heterocycles. The molecule has 4 N–H and O–H groups in total. The smallest absolute Gasteiger partial charge is 0.368 e. The molecule has 25 heavy (non-hydrogen) atoms. The zero-order chi connectivity index (χ0) is 18.2. The van der Waals surface area contributed by atoms with Crippen molar-refractivity contribution in [2.75, 3.05) is 11.1 Å². The summed E-state index contributed by atoms with van der Waals surface area (Å²) in [4.78, 5) is 3.71. The third-order valence-corrected chi connectivity index (χ3v) is 3.49. The number of alkyl halides is 3. The highest BCUT2D eigenvalue weighted by Crippen LogP contribution is 2.40. The van der Waals surface area contributed by atoms with Gasteiger partial charge in [-0.05, 0) is 24.6 Å². The van der Waals surface area contributed by atoms with E-state index in [0.717, 1.165) is 17.7 Å². The first-order chi connectivity index (χ1) is 11.7. The molecule has 0 aliphatic carbocycles. The van der Waals surface area contributed by atoms with Crippen molar-refractivity contribution in [3.05, 3.63) is 53.3 Å². The lowest BCUT2D eigenvalue weighted by molar-refractivity contribution is -0.137. The Hall–Kier alpha value is -3.10. The Balaban J connectivity index is 2.10. The van der Waals surface area contributed by atoms with Gasteiger partial charge in [-0.25, -0.2) is 9.49 Å². The van der Waals surface area contributed by atoms with Crippen LogP contribution in [0.15, 0.2) is 36.4 Å². The zero-order valence-electron chi connectivity index (χ0n) is 12.9. The van der Waals surface area contributed by atoms with Crippen LogP contribution >= 0.6 is 0 Å². The Kier molecular flexibility index (Phi) is 4.07. The number of hydrogen-bond donors (Lipinski definition) is 3. The van der Waals surface area contributed by atoms with Gasteiger partial charge in [0.15, 0.2) is 0 Å². The van der Waals surface area contributed by atoms with Crippen LogP contribution in [0.1, 0.15) is 11.1 Å². The van der Waals surface area contributed by atoms with Crippen molar-refractivity contribution in [1.82, 2.24) is 15.2 Å². The van der Waals surface area contributed by atoms with Crippen LogP contribution in [0.4, 0.5) is 35.1 Å². The number of hydrogen-bond acceptors (Lipinski definition) is 4. The second kappa shape index (κ2) is 6.08. The lowest BCUT2D eigenvalue weighted by atomic mass is 9.97. The number of H-pyrrole nitrogens is 1. The number of nitrogens with two attached hydrogens (primary N) is 1. The summed E-state index contributed by atoms with van der Waals surface area (Å²) in [6.07, 6.45) is -4.74. The minimum atomic E-state index is -4.74. The molecule has 3 rings (SSSR count). The van der Waals surface area contributed by atoms with Gasteiger partial charge in [-0.1, -0.05) is 29.8 Å². The number of aromatic nitrogens is 3.